The molecule has 3 aromatic rings. The van der Waals surface area contributed by atoms with E-state index < -0.39 is 0 Å². The van der Waals surface area contributed by atoms with Gasteiger partial charge in [0.25, 0.3) is 0 Å². The lowest BCUT2D eigenvalue weighted by Crippen LogP contribution is -1.91. The Labute approximate surface area is 140 Å². The maximum absolute atomic E-state index is 5.87. The lowest BCUT2D eigenvalue weighted by Gasteiger charge is -2.07. The van der Waals surface area contributed by atoms with Crippen LogP contribution in [0.1, 0.15) is 12.5 Å². The minimum absolute atomic E-state index is 0.700. The van der Waals surface area contributed by atoms with Crippen LogP contribution in [0.5, 0.6) is 11.5 Å². The van der Waals surface area contributed by atoms with Crippen LogP contribution in [0.3, 0.4) is 0 Å². The van der Waals surface area contributed by atoms with Gasteiger partial charge in [0.2, 0.25) is 0 Å². The van der Waals surface area contributed by atoms with E-state index in [1.165, 1.54) is 11.1 Å². The van der Waals surface area contributed by atoms with Crippen LogP contribution in [0, 0.1) is 0 Å². The highest BCUT2D eigenvalue weighted by Crippen LogP contribution is 2.25. The van der Waals surface area contributed by atoms with Gasteiger partial charge in [-0.2, -0.15) is 0 Å². The minimum atomic E-state index is 0.700. The molecule has 4 heteroatoms. The molecular formula is C19H17ClN2O. The fraction of sp³-hybridized carbons (Fsp3) is 0.105. The number of imidazole rings is 1. The van der Waals surface area contributed by atoms with Crippen LogP contribution >= 0.6 is 11.6 Å². The van der Waals surface area contributed by atoms with Gasteiger partial charge in [0.15, 0.2) is 0 Å². The predicted molar refractivity (Wildman–Crippen MR) is 93.8 cm³/mol. The summed E-state index contributed by atoms with van der Waals surface area (Å²) in [6.45, 7) is 2.92. The van der Waals surface area contributed by atoms with E-state index in [-0.39, 0.29) is 0 Å². The molecule has 0 aliphatic heterocycles. The molecule has 0 bridgehead atoms. The van der Waals surface area contributed by atoms with Gasteiger partial charge in [0, 0.05) is 24.0 Å². The van der Waals surface area contributed by atoms with Crippen molar-refractivity contribution in [3.8, 4) is 11.5 Å². The molecule has 0 fully saturated rings. The highest BCUT2D eigenvalue weighted by atomic mass is 35.5. The Morgan fingerprint density at radius 3 is 2.35 bits per heavy atom. The van der Waals surface area contributed by atoms with Gasteiger partial charge < -0.3 is 9.30 Å². The van der Waals surface area contributed by atoms with Crippen molar-refractivity contribution in [3.05, 3.63) is 83.9 Å². The first-order valence-corrected chi connectivity index (χ1v) is 7.75. The van der Waals surface area contributed by atoms with Crippen LogP contribution in [0.4, 0.5) is 0 Å². The second kappa shape index (κ2) is 7.16. The lowest BCUT2D eigenvalue weighted by molar-refractivity contribution is 0.482. The average Bonchev–Trinajstić information content (AvgIpc) is 3.09. The van der Waals surface area contributed by atoms with Crippen molar-refractivity contribution in [1.29, 1.82) is 0 Å². The van der Waals surface area contributed by atoms with E-state index in [1.807, 2.05) is 53.5 Å². The van der Waals surface area contributed by atoms with Gasteiger partial charge in [-0.1, -0.05) is 29.8 Å². The summed E-state index contributed by atoms with van der Waals surface area (Å²) in [7, 11) is 0. The predicted octanol–water partition coefficient (Wildman–Crippen LogP) is 5.43. The number of nitrogens with zero attached hydrogens (tertiary/aromatic N) is 2. The zero-order valence-corrected chi connectivity index (χ0v) is 13.6. The molecule has 0 saturated heterocycles. The Kier molecular flexibility index (Phi) is 4.79. The van der Waals surface area contributed by atoms with Crippen LogP contribution in [0.2, 0.25) is 5.02 Å². The third-order valence-electron chi connectivity index (χ3n) is 3.53. The number of aromatic nitrogens is 2. The van der Waals surface area contributed by atoms with Crippen molar-refractivity contribution >= 4 is 17.2 Å². The van der Waals surface area contributed by atoms with E-state index in [4.69, 9.17) is 16.3 Å². The normalized spacial score (nSPS) is 11.5. The molecule has 1 aromatic heterocycles. The summed E-state index contributed by atoms with van der Waals surface area (Å²) in [6, 6.07) is 15.4. The number of hydrogen-bond donors (Lipinski definition) is 0. The van der Waals surface area contributed by atoms with E-state index in [2.05, 4.69) is 30.1 Å². The maximum Gasteiger partial charge on any atom is 0.127 e. The van der Waals surface area contributed by atoms with Crippen molar-refractivity contribution in [3.63, 3.8) is 0 Å². The summed E-state index contributed by atoms with van der Waals surface area (Å²) in [4.78, 5) is 4.04. The van der Waals surface area contributed by atoms with Gasteiger partial charge >= 0.3 is 0 Å². The molecule has 1 heterocycles. The fourth-order valence-corrected chi connectivity index (χ4v) is 2.31. The van der Waals surface area contributed by atoms with Crippen LogP contribution < -0.4 is 4.74 Å². The molecule has 3 nitrogen and oxygen atoms in total. The van der Waals surface area contributed by atoms with Gasteiger partial charge in [-0.25, -0.2) is 4.98 Å². The molecule has 23 heavy (non-hydrogen) atoms. The number of hydrogen-bond acceptors (Lipinski definition) is 2. The first-order chi connectivity index (χ1) is 11.2. The minimum Gasteiger partial charge on any atom is -0.457 e. The van der Waals surface area contributed by atoms with Gasteiger partial charge in [-0.15, -0.1) is 0 Å². The fourth-order valence-electron chi connectivity index (χ4n) is 2.18. The molecule has 0 saturated carbocycles. The Morgan fingerprint density at radius 2 is 1.74 bits per heavy atom. The first-order valence-electron chi connectivity index (χ1n) is 7.37. The monoisotopic (exact) mass is 324 g/mol. The van der Waals surface area contributed by atoms with Crippen LogP contribution in [0.25, 0.3) is 5.57 Å². The largest absolute Gasteiger partial charge is 0.457 e. The van der Waals surface area contributed by atoms with Crippen molar-refractivity contribution in [2.45, 2.75) is 13.5 Å². The topological polar surface area (TPSA) is 27.1 Å². The number of ether oxygens (including phenoxy) is 1. The summed E-state index contributed by atoms with van der Waals surface area (Å²) >= 11 is 5.87. The third kappa shape index (κ3) is 4.24. The lowest BCUT2D eigenvalue weighted by atomic mass is 10.1. The molecule has 0 aliphatic carbocycles. The SMILES string of the molecule is CC(=CCn1ccnc1)c1ccc(Oc2ccc(Cl)cc2)cc1. The number of benzene rings is 2. The molecule has 0 radical (unpaired) electrons. The van der Waals surface area contributed by atoms with Crippen LogP contribution in [-0.2, 0) is 6.54 Å². The van der Waals surface area contributed by atoms with Crippen LogP contribution in [0.15, 0.2) is 73.3 Å². The molecule has 0 atom stereocenters. The second-order valence-corrected chi connectivity index (χ2v) is 5.66. The molecule has 0 unspecified atom stereocenters. The summed E-state index contributed by atoms with van der Waals surface area (Å²) in [6.07, 6.45) is 7.72. The summed E-state index contributed by atoms with van der Waals surface area (Å²) in [5.74, 6) is 1.58. The van der Waals surface area contributed by atoms with Crippen LogP contribution in [-0.4, -0.2) is 9.55 Å². The highest BCUT2D eigenvalue weighted by molar-refractivity contribution is 6.30. The first kappa shape index (κ1) is 15.4. The van der Waals surface area contributed by atoms with E-state index >= 15 is 0 Å². The molecule has 3 rings (SSSR count). The Morgan fingerprint density at radius 1 is 1.09 bits per heavy atom. The quantitative estimate of drug-likeness (QED) is 0.625. The van der Waals surface area contributed by atoms with E-state index in [0.717, 1.165) is 18.0 Å². The van der Waals surface area contributed by atoms with Gasteiger partial charge in [-0.05, 0) is 54.5 Å². The average molecular weight is 325 g/mol. The third-order valence-corrected chi connectivity index (χ3v) is 3.78. The Bertz CT molecular complexity index is 775. The van der Waals surface area contributed by atoms with Gasteiger partial charge in [0.05, 0.1) is 6.33 Å². The van der Waals surface area contributed by atoms with Crippen molar-refractivity contribution in [2.75, 3.05) is 0 Å². The van der Waals surface area contributed by atoms with E-state index in [1.54, 1.807) is 6.20 Å². The second-order valence-electron chi connectivity index (χ2n) is 5.23. The molecule has 116 valence electrons. The molecular weight excluding hydrogens is 308 g/mol. The van der Waals surface area contributed by atoms with Crippen molar-refractivity contribution in [2.24, 2.45) is 0 Å². The number of halogens is 1. The maximum atomic E-state index is 5.87. The molecule has 0 amide bonds. The number of rotatable bonds is 5. The van der Waals surface area contributed by atoms with Crippen molar-refractivity contribution in [1.82, 2.24) is 9.55 Å². The summed E-state index contributed by atoms with van der Waals surface area (Å²) in [5.41, 5.74) is 2.39. The molecule has 0 N–H and O–H groups in total. The standard InChI is InChI=1S/C19H17ClN2O/c1-15(10-12-22-13-11-21-14-22)16-2-6-18(7-3-16)23-19-8-4-17(20)5-9-19/h2-11,13-14H,12H2,1H3. The highest BCUT2D eigenvalue weighted by Gasteiger charge is 2.00. The Balaban J connectivity index is 1.66. The molecule has 2 aromatic carbocycles. The van der Waals surface area contributed by atoms with E-state index in [0.29, 0.717) is 5.02 Å². The van der Waals surface area contributed by atoms with Gasteiger partial charge in [-0.3, -0.25) is 0 Å². The zero-order valence-electron chi connectivity index (χ0n) is 12.8. The smallest absolute Gasteiger partial charge is 0.127 e. The Hall–Kier alpha value is -2.52. The van der Waals surface area contributed by atoms with Crippen molar-refractivity contribution < 1.29 is 4.74 Å². The van der Waals surface area contributed by atoms with Gasteiger partial charge in [0.1, 0.15) is 11.5 Å². The zero-order chi connectivity index (χ0) is 16.1. The molecule has 0 aliphatic rings. The summed E-state index contributed by atoms with van der Waals surface area (Å²) in [5, 5.41) is 0.700. The van der Waals surface area contributed by atoms with E-state index in [9.17, 15) is 0 Å². The molecule has 0 spiro atoms. The number of allylic oxidation sites excluding steroid dienone is 2. The summed E-state index contributed by atoms with van der Waals surface area (Å²) < 4.78 is 7.83.